The Bertz CT molecular complexity index is 550. The number of benzene rings is 1. The highest BCUT2D eigenvalue weighted by Crippen LogP contribution is 2.37. The summed E-state index contributed by atoms with van der Waals surface area (Å²) in [5.41, 5.74) is 6.19. The Morgan fingerprint density at radius 2 is 1.74 bits per heavy atom. The summed E-state index contributed by atoms with van der Waals surface area (Å²) >= 11 is 6.02. The SMILES string of the molecule is CC1(C)OB(c2cc(Cl)c(N)cc2C#N)OC1(C)C. The van der Waals surface area contributed by atoms with Crippen LogP contribution in [0.4, 0.5) is 5.69 Å². The molecule has 0 radical (unpaired) electrons. The second kappa shape index (κ2) is 4.41. The average molecular weight is 279 g/mol. The minimum absolute atomic E-state index is 0.374. The highest BCUT2D eigenvalue weighted by Gasteiger charge is 2.52. The number of nitrogen functional groups attached to an aromatic ring is 1. The summed E-state index contributed by atoms with van der Waals surface area (Å²) in [5.74, 6) is 0. The maximum Gasteiger partial charge on any atom is 0.496 e. The molecule has 6 heteroatoms. The number of rotatable bonds is 1. The molecule has 0 bridgehead atoms. The lowest BCUT2D eigenvalue weighted by molar-refractivity contribution is 0.00578. The lowest BCUT2D eigenvalue weighted by Crippen LogP contribution is -2.41. The molecule has 1 fully saturated rings. The zero-order chi connectivity index (χ0) is 14.4. The van der Waals surface area contributed by atoms with E-state index < -0.39 is 18.3 Å². The number of nitrogens with zero attached hydrogens (tertiary/aromatic N) is 1. The lowest BCUT2D eigenvalue weighted by Gasteiger charge is -2.32. The van der Waals surface area contributed by atoms with Gasteiger partial charge in [0.1, 0.15) is 0 Å². The van der Waals surface area contributed by atoms with Gasteiger partial charge in [0, 0.05) is 5.46 Å². The average Bonchev–Trinajstić information content (AvgIpc) is 2.51. The first kappa shape index (κ1) is 14.2. The van der Waals surface area contributed by atoms with E-state index in [1.54, 1.807) is 12.1 Å². The standard InChI is InChI=1S/C13H16BClN2O2/c1-12(2)13(3,4)19-14(18-12)9-6-10(15)11(17)5-8(9)7-16/h5-6H,17H2,1-4H3. The van der Waals surface area contributed by atoms with Crippen molar-refractivity contribution in [2.75, 3.05) is 5.73 Å². The number of halogens is 1. The van der Waals surface area contributed by atoms with Gasteiger partial charge in [-0.2, -0.15) is 5.26 Å². The van der Waals surface area contributed by atoms with Crippen LogP contribution in [0.25, 0.3) is 0 Å². The van der Waals surface area contributed by atoms with Gasteiger partial charge in [-0.25, -0.2) is 0 Å². The van der Waals surface area contributed by atoms with E-state index in [4.69, 9.17) is 26.6 Å². The molecule has 1 heterocycles. The molecular weight excluding hydrogens is 262 g/mol. The summed E-state index contributed by atoms with van der Waals surface area (Å²) in [5, 5.41) is 9.59. The van der Waals surface area contributed by atoms with Gasteiger partial charge in [0.25, 0.3) is 0 Å². The van der Waals surface area contributed by atoms with Gasteiger partial charge in [0.15, 0.2) is 0 Å². The Hall–Kier alpha value is -1.22. The third-order valence-corrected chi connectivity index (χ3v) is 4.12. The predicted octanol–water partition coefficient (Wildman–Crippen LogP) is 2.09. The Balaban J connectivity index is 2.45. The van der Waals surface area contributed by atoms with E-state index >= 15 is 0 Å². The molecule has 1 aromatic carbocycles. The van der Waals surface area contributed by atoms with Crippen LogP contribution >= 0.6 is 11.6 Å². The minimum Gasteiger partial charge on any atom is -0.399 e. The summed E-state index contributed by atoms with van der Waals surface area (Å²) in [6, 6.07) is 5.28. The molecule has 1 aliphatic heterocycles. The molecule has 19 heavy (non-hydrogen) atoms. The zero-order valence-electron chi connectivity index (χ0n) is 11.5. The highest BCUT2D eigenvalue weighted by molar-refractivity contribution is 6.63. The molecule has 0 aliphatic carbocycles. The molecule has 0 saturated carbocycles. The van der Waals surface area contributed by atoms with Crippen molar-refractivity contribution in [3.05, 3.63) is 22.7 Å². The van der Waals surface area contributed by atoms with E-state index in [0.29, 0.717) is 21.7 Å². The lowest BCUT2D eigenvalue weighted by atomic mass is 9.76. The zero-order valence-corrected chi connectivity index (χ0v) is 12.2. The fraction of sp³-hybridized carbons (Fsp3) is 0.462. The highest BCUT2D eigenvalue weighted by atomic mass is 35.5. The number of nitriles is 1. The maximum absolute atomic E-state index is 9.19. The van der Waals surface area contributed by atoms with Gasteiger partial charge in [0.05, 0.1) is 33.5 Å². The van der Waals surface area contributed by atoms with Crippen LogP contribution in [0, 0.1) is 11.3 Å². The van der Waals surface area contributed by atoms with Gasteiger partial charge in [-0.3, -0.25) is 0 Å². The van der Waals surface area contributed by atoms with Gasteiger partial charge in [-0.05, 0) is 39.8 Å². The van der Waals surface area contributed by atoms with Crippen LogP contribution in [-0.4, -0.2) is 18.3 Å². The van der Waals surface area contributed by atoms with E-state index in [-0.39, 0.29) is 0 Å². The second-order valence-corrected chi connectivity index (χ2v) is 6.07. The topological polar surface area (TPSA) is 68.3 Å². The monoisotopic (exact) mass is 278 g/mol. The Morgan fingerprint density at radius 1 is 1.21 bits per heavy atom. The molecular formula is C13H16BClN2O2. The van der Waals surface area contributed by atoms with E-state index in [9.17, 15) is 5.26 Å². The summed E-state index contributed by atoms with van der Waals surface area (Å²) in [6.45, 7) is 7.83. The minimum atomic E-state index is -0.613. The van der Waals surface area contributed by atoms with Crippen LogP contribution < -0.4 is 11.2 Å². The molecule has 0 aromatic heterocycles. The van der Waals surface area contributed by atoms with E-state index in [0.717, 1.165) is 0 Å². The smallest absolute Gasteiger partial charge is 0.399 e. The third-order valence-electron chi connectivity index (χ3n) is 3.80. The Morgan fingerprint density at radius 3 is 2.21 bits per heavy atom. The number of nitrogens with two attached hydrogens (primary N) is 1. The third kappa shape index (κ3) is 2.32. The summed E-state index contributed by atoms with van der Waals surface area (Å²) in [6.07, 6.45) is 0. The molecule has 2 N–H and O–H groups in total. The quantitative estimate of drug-likeness (QED) is 0.631. The van der Waals surface area contributed by atoms with Crippen LogP contribution in [-0.2, 0) is 9.31 Å². The largest absolute Gasteiger partial charge is 0.496 e. The number of anilines is 1. The van der Waals surface area contributed by atoms with Crippen molar-refractivity contribution in [1.29, 1.82) is 5.26 Å². The molecule has 1 aromatic rings. The van der Waals surface area contributed by atoms with Crippen molar-refractivity contribution in [3.8, 4) is 6.07 Å². The fourth-order valence-corrected chi connectivity index (χ4v) is 2.04. The van der Waals surface area contributed by atoms with Crippen LogP contribution in [0.2, 0.25) is 5.02 Å². The van der Waals surface area contributed by atoms with Crippen LogP contribution in [0.5, 0.6) is 0 Å². The van der Waals surface area contributed by atoms with Gasteiger partial charge < -0.3 is 15.0 Å². The molecule has 0 amide bonds. The molecule has 1 saturated heterocycles. The van der Waals surface area contributed by atoms with Crippen molar-refractivity contribution in [2.24, 2.45) is 0 Å². The summed E-state index contributed by atoms with van der Waals surface area (Å²) in [4.78, 5) is 0. The van der Waals surface area contributed by atoms with Crippen LogP contribution in [0.15, 0.2) is 12.1 Å². The molecule has 0 atom stereocenters. The maximum atomic E-state index is 9.19. The van der Waals surface area contributed by atoms with E-state index in [1.165, 1.54) is 0 Å². The predicted molar refractivity (Wildman–Crippen MR) is 76.3 cm³/mol. The van der Waals surface area contributed by atoms with Crippen molar-refractivity contribution < 1.29 is 9.31 Å². The van der Waals surface area contributed by atoms with Crippen LogP contribution in [0.1, 0.15) is 33.3 Å². The van der Waals surface area contributed by atoms with Gasteiger partial charge in [-0.15, -0.1) is 0 Å². The number of hydrogen-bond acceptors (Lipinski definition) is 4. The molecule has 100 valence electrons. The van der Waals surface area contributed by atoms with Gasteiger partial charge in [0.2, 0.25) is 0 Å². The number of hydrogen-bond donors (Lipinski definition) is 1. The van der Waals surface area contributed by atoms with Crippen LogP contribution in [0.3, 0.4) is 0 Å². The first-order valence-corrected chi connectivity index (χ1v) is 6.40. The van der Waals surface area contributed by atoms with Crippen molar-refractivity contribution >= 4 is 29.9 Å². The summed E-state index contributed by atoms with van der Waals surface area (Å²) in [7, 11) is -0.613. The molecule has 2 rings (SSSR count). The van der Waals surface area contributed by atoms with Crippen molar-refractivity contribution in [1.82, 2.24) is 0 Å². The second-order valence-electron chi connectivity index (χ2n) is 5.66. The molecule has 0 spiro atoms. The summed E-state index contributed by atoms with van der Waals surface area (Å²) < 4.78 is 11.8. The molecule has 0 unspecified atom stereocenters. The van der Waals surface area contributed by atoms with E-state index in [2.05, 4.69) is 6.07 Å². The van der Waals surface area contributed by atoms with E-state index in [1.807, 2.05) is 27.7 Å². The molecule has 1 aliphatic rings. The van der Waals surface area contributed by atoms with Gasteiger partial charge >= 0.3 is 7.12 Å². The normalized spacial score (nSPS) is 20.3. The first-order valence-electron chi connectivity index (χ1n) is 6.02. The Kier molecular flexibility index (Phi) is 3.30. The Labute approximate surface area is 118 Å². The van der Waals surface area contributed by atoms with Gasteiger partial charge in [-0.1, -0.05) is 11.6 Å². The van der Waals surface area contributed by atoms with Crippen molar-refractivity contribution in [3.63, 3.8) is 0 Å². The fourth-order valence-electron chi connectivity index (χ4n) is 1.87. The molecule has 4 nitrogen and oxygen atoms in total. The van der Waals surface area contributed by atoms with Crippen molar-refractivity contribution in [2.45, 2.75) is 38.9 Å². The first-order chi connectivity index (χ1) is 8.68.